The van der Waals surface area contributed by atoms with Crippen LogP contribution in [0.1, 0.15) is 58.1 Å². The van der Waals surface area contributed by atoms with E-state index in [4.69, 9.17) is 9.15 Å². The lowest BCUT2D eigenvalue weighted by Gasteiger charge is -2.13. The lowest BCUT2D eigenvalue weighted by Crippen LogP contribution is -2.19. The predicted octanol–water partition coefficient (Wildman–Crippen LogP) is 4.28. The van der Waals surface area contributed by atoms with Gasteiger partial charge in [0.25, 0.3) is 0 Å². The molecular formula is C17H31NO2. The first-order chi connectivity index (χ1) is 9.38. The van der Waals surface area contributed by atoms with Crippen LogP contribution in [0.5, 0.6) is 0 Å². The SMILES string of the molecule is Cc1oc(COC(C)CC(C)C)cc1CNCC(C)C. The van der Waals surface area contributed by atoms with Gasteiger partial charge in [0.1, 0.15) is 18.1 Å². The average molecular weight is 281 g/mol. The summed E-state index contributed by atoms with van der Waals surface area (Å²) in [6.45, 7) is 15.5. The number of hydrogen-bond acceptors (Lipinski definition) is 3. The van der Waals surface area contributed by atoms with Gasteiger partial charge in [-0.3, -0.25) is 0 Å². The molecule has 1 aromatic rings. The summed E-state index contributed by atoms with van der Waals surface area (Å²) in [5.74, 6) is 3.26. The second-order valence-corrected chi connectivity index (χ2v) is 6.57. The summed E-state index contributed by atoms with van der Waals surface area (Å²) < 4.78 is 11.6. The Morgan fingerprint density at radius 1 is 1.15 bits per heavy atom. The molecule has 0 amide bonds. The molecule has 1 N–H and O–H groups in total. The maximum Gasteiger partial charge on any atom is 0.130 e. The van der Waals surface area contributed by atoms with Crippen molar-refractivity contribution in [1.82, 2.24) is 5.32 Å². The fourth-order valence-electron chi connectivity index (χ4n) is 2.29. The van der Waals surface area contributed by atoms with E-state index in [9.17, 15) is 0 Å². The van der Waals surface area contributed by atoms with E-state index >= 15 is 0 Å². The van der Waals surface area contributed by atoms with E-state index in [1.807, 2.05) is 6.92 Å². The second kappa shape index (κ2) is 8.48. The molecule has 1 heterocycles. The molecule has 3 heteroatoms. The van der Waals surface area contributed by atoms with Gasteiger partial charge in [-0.2, -0.15) is 0 Å². The van der Waals surface area contributed by atoms with Crippen molar-refractivity contribution in [1.29, 1.82) is 0 Å². The zero-order valence-electron chi connectivity index (χ0n) is 14.0. The molecule has 0 aliphatic rings. The smallest absolute Gasteiger partial charge is 0.130 e. The highest BCUT2D eigenvalue weighted by atomic mass is 16.5. The molecule has 0 aromatic carbocycles. The van der Waals surface area contributed by atoms with E-state index in [0.29, 0.717) is 18.4 Å². The summed E-state index contributed by atoms with van der Waals surface area (Å²) in [5, 5.41) is 3.45. The molecular weight excluding hydrogens is 250 g/mol. The Hall–Kier alpha value is -0.800. The summed E-state index contributed by atoms with van der Waals surface area (Å²) >= 11 is 0. The van der Waals surface area contributed by atoms with Crippen LogP contribution in [0.3, 0.4) is 0 Å². The first-order valence-corrected chi connectivity index (χ1v) is 7.79. The Morgan fingerprint density at radius 2 is 1.85 bits per heavy atom. The van der Waals surface area contributed by atoms with E-state index in [1.54, 1.807) is 0 Å². The molecule has 3 nitrogen and oxygen atoms in total. The highest BCUT2D eigenvalue weighted by molar-refractivity contribution is 5.20. The molecule has 20 heavy (non-hydrogen) atoms. The number of hydrogen-bond donors (Lipinski definition) is 1. The van der Waals surface area contributed by atoms with E-state index < -0.39 is 0 Å². The zero-order valence-corrected chi connectivity index (χ0v) is 14.0. The molecule has 0 radical (unpaired) electrons. The van der Waals surface area contributed by atoms with Crippen LogP contribution >= 0.6 is 0 Å². The summed E-state index contributed by atoms with van der Waals surface area (Å²) in [5.41, 5.74) is 1.24. The minimum Gasteiger partial charge on any atom is -0.464 e. The molecule has 0 saturated carbocycles. The summed E-state index contributed by atoms with van der Waals surface area (Å²) in [6.07, 6.45) is 1.37. The standard InChI is InChI=1S/C17H31NO2/c1-12(2)7-14(5)19-11-17-8-16(15(6)20-17)10-18-9-13(3)4/h8,12-14,18H,7,9-11H2,1-6H3. The van der Waals surface area contributed by atoms with Gasteiger partial charge in [-0.15, -0.1) is 0 Å². The molecule has 0 saturated heterocycles. The molecule has 0 bridgehead atoms. The van der Waals surface area contributed by atoms with Crippen molar-refractivity contribution in [2.45, 2.75) is 67.2 Å². The lowest BCUT2D eigenvalue weighted by molar-refractivity contribution is 0.0300. The largest absolute Gasteiger partial charge is 0.464 e. The van der Waals surface area contributed by atoms with Crippen LogP contribution in [0.25, 0.3) is 0 Å². The number of aryl methyl sites for hydroxylation is 1. The Labute approximate surface area is 124 Å². The van der Waals surface area contributed by atoms with Crippen molar-refractivity contribution in [2.75, 3.05) is 6.54 Å². The maximum atomic E-state index is 5.84. The van der Waals surface area contributed by atoms with Gasteiger partial charge in [-0.05, 0) is 44.7 Å². The Kier molecular flexibility index (Phi) is 7.31. The average Bonchev–Trinajstić information content (AvgIpc) is 2.66. The van der Waals surface area contributed by atoms with Crippen LogP contribution in [0.2, 0.25) is 0 Å². The molecule has 1 rings (SSSR count). The third-order valence-electron chi connectivity index (χ3n) is 3.25. The number of nitrogens with one attached hydrogen (secondary N) is 1. The minimum absolute atomic E-state index is 0.280. The number of furan rings is 1. The van der Waals surface area contributed by atoms with E-state index in [-0.39, 0.29) is 6.10 Å². The van der Waals surface area contributed by atoms with Gasteiger partial charge in [-0.25, -0.2) is 0 Å². The van der Waals surface area contributed by atoms with Gasteiger partial charge in [-0.1, -0.05) is 27.7 Å². The maximum absolute atomic E-state index is 5.84. The van der Waals surface area contributed by atoms with Crippen molar-refractivity contribution in [2.24, 2.45) is 11.8 Å². The summed E-state index contributed by atoms with van der Waals surface area (Å²) in [4.78, 5) is 0. The zero-order chi connectivity index (χ0) is 15.1. The topological polar surface area (TPSA) is 34.4 Å². The van der Waals surface area contributed by atoms with Crippen LogP contribution in [0, 0.1) is 18.8 Å². The second-order valence-electron chi connectivity index (χ2n) is 6.57. The van der Waals surface area contributed by atoms with Gasteiger partial charge in [0.15, 0.2) is 0 Å². The summed E-state index contributed by atoms with van der Waals surface area (Å²) in [6, 6.07) is 2.12. The molecule has 0 spiro atoms. The van der Waals surface area contributed by atoms with Crippen molar-refractivity contribution in [3.05, 3.63) is 23.2 Å². The van der Waals surface area contributed by atoms with Crippen LogP contribution in [-0.2, 0) is 17.9 Å². The van der Waals surface area contributed by atoms with Crippen molar-refractivity contribution in [3.8, 4) is 0 Å². The van der Waals surface area contributed by atoms with Crippen LogP contribution in [0.15, 0.2) is 10.5 Å². The molecule has 116 valence electrons. The minimum atomic E-state index is 0.280. The van der Waals surface area contributed by atoms with Gasteiger partial charge in [0.05, 0.1) is 6.10 Å². The third-order valence-corrected chi connectivity index (χ3v) is 3.25. The fourth-order valence-corrected chi connectivity index (χ4v) is 2.29. The van der Waals surface area contributed by atoms with Gasteiger partial charge >= 0.3 is 0 Å². The van der Waals surface area contributed by atoms with Gasteiger partial charge in [0.2, 0.25) is 0 Å². The third kappa shape index (κ3) is 6.58. The fraction of sp³-hybridized carbons (Fsp3) is 0.765. The quantitative estimate of drug-likeness (QED) is 0.733. The number of rotatable bonds is 9. The van der Waals surface area contributed by atoms with Crippen molar-refractivity contribution < 1.29 is 9.15 Å². The predicted molar refractivity (Wildman–Crippen MR) is 83.7 cm³/mol. The van der Waals surface area contributed by atoms with Gasteiger partial charge in [0, 0.05) is 12.1 Å². The first-order valence-electron chi connectivity index (χ1n) is 7.79. The normalized spacial score (nSPS) is 13.4. The molecule has 0 fully saturated rings. The molecule has 1 unspecified atom stereocenters. The van der Waals surface area contributed by atoms with E-state index in [2.05, 4.69) is 46.0 Å². The van der Waals surface area contributed by atoms with Crippen molar-refractivity contribution >= 4 is 0 Å². The first kappa shape index (κ1) is 17.3. The molecule has 1 atom stereocenters. The van der Waals surface area contributed by atoms with Crippen LogP contribution in [-0.4, -0.2) is 12.6 Å². The van der Waals surface area contributed by atoms with Crippen LogP contribution in [0.4, 0.5) is 0 Å². The Bertz CT molecular complexity index is 382. The molecule has 0 aliphatic heterocycles. The van der Waals surface area contributed by atoms with E-state index in [0.717, 1.165) is 31.0 Å². The summed E-state index contributed by atoms with van der Waals surface area (Å²) in [7, 11) is 0. The lowest BCUT2D eigenvalue weighted by atomic mass is 10.1. The monoisotopic (exact) mass is 281 g/mol. The highest BCUT2D eigenvalue weighted by Gasteiger charge is 2.10. The molecule has 1 aromatic heterocycles. The van der Waals surface area contributed by atoms with Gasteiger partial charge < -0.3 is 14.5 Å². The van der Waals surface area contributed by atoms with Crippen molar-refractivity contribution in [3.63, 3.8) is 0 Å². The Morgan fingerprint density at radius 3 is 2.45 bits per heavy atom. The van der Waals surface area contributed by atoms with E-state index in [1.165, 1.54) is 5.56 Å². The highest BCUT2D eigenvalue weighted by Crippen LogP contribution is 2.17. The van der Waals surface area contributed by atoms with Crippen LogP contribution < -0.4 is 5.32 Å². The number of ether oxygens (including phenoxy) is 1. The molecule has 0 aliphatic carbocycles. The Balaban J connectivity index is 2.40.